The molecule has 120 valence electrons. The fraction of sp³-hybridized carbons (Fsp3) is 0.786. The lowest BCUT2D eigenvalue weighted by Crippen LogP contribution is -2.41. The molecule has 1 aromatic rings. The van der Waals surface area contributed by atoms with E-state index in [2.05, 4.69) is 24.0 Å². The molecule has 1 heterocycles. The minimum atomic E-state index is -3.55. The third-order valence-corrected chi connectivity index (χ3v) is 6.73. The van der Waals surface area contributed by atoms with Crippen LogP contribution in [0.25, 0.3) is 0 Å². The minimum Gasteiger partial charge on any atom is -0.325 e. The molecule has 0 aliphatic heterocycles. The second-order valence-electron chi connectivity index (χ2n) is 6.75. The lowest BCUT2D eigenvalue weighted by molar-refractivity contribution is 0.174. The van der Waals surface area contributed by atoms with Crippen molar-refractivity contribution in [1.82, 2.24) is 14.5 Å². The summed E-state index contributed by atoms with van der Waals surface area (Å²) in [5.74, 6) is 0. The van der Waals surface area contributed by atoms with E-state index in [9.17, 15) is 8.42 Å². The molecular weight excluding hydrogens is 288 g/mol. The van der Waals surface area contributed by atoms with Crippen LogP contribution in [-0.4, -0.2) is 36.0 Å². The zero-order valence-electron chi connectivity index (χ0n) is 13.3. The van der Waals surface area contributed by atoms with E-state index in [1.54, 1.807) is 14.0 Å². The van der Waals surface area contributed by atoms with Crippen LogP contribution in [0, 0.1) is 12.3 Å². The molecule has 3 N–H and O–H groups in total. The van der Waals surface area contributed by atoms with E-state index in [0.29, 0.717) is 16.8 Å². The van der Waals surface area contributed by atoms with E-state index in [-0.39, 0.29) is 17.5 Å². The van der Waals surface area contributed by atoms with E-state index < -0.39 is 10.0 Å². The van der Waals surface area contributed by atoms with Crippen molar-refractivity contribution in [2.45, 2.75) is 63.9 Å². The molecule has 1 fully saturated rings. The maximum atomic E-state index is 12.9. The number of aryl methyl sites for hydroxylation is 1. The molecule has 0 spiro atoms. The predicted octanol–water partition coefficient (Wildman–Crippen LogP) is 1.77. The molecule has 0 saturated heterocycles. The minimum absolute atomic E-state index is 0.0583. The number of nitrogens with one attached hydrogen (secondary N) is 1. The number of H-pyrrole nitrogens is 1. The molecule has 0 bridgehead atoms. The summed E-state index contributed by atoms with van der Waals surface area (Å²) in [4.78, 5) is 0.248. The standard InChI is InChI=1S/C14H26N4O2S/c1-10-13(12(9-15)17-16-10)21(19,20)18(4)11-5-7-14(2,3)8-6-11/h11H,5-9,15H2,1-4H3,(H,16,17). The van der Waals surface area contributed by atoms with Crippen molar-refractivity contribution in [2.24, 2.45) is 11.1 Å². The first kappa shape index (κ1) is 16.5. The molecule has 21 heavy (non-hydrogen) atoms. The van der Waals surface area contributed by atoms with Crippen molar-refractivity contribution >= 4 is 10.0 Å². The van der Waals surface area contributed by atoms with Gasteiger partial charge in [0.25, 0.3) is 0 Å². The highest BCUT2D eigenvalue weighted by Crippen LogP contribution is 2.38. The molecule has 1 saturated carbocycles. The first-order valence-electron chi connectivity index (χ1n) is 7.41. The number of rotatable bonds is 4. The second kappa shape index (κ2) is 5.70. The topological polar surface area (TPSA) is 92.1 Å². The van der Waals surface area contributed by atoms with Gasteiger partial charge in [-0.05, 0) is 38.0 Å². The van der Waals surface area contributed by atoms with Crippen LogP contribution in [0.3, 0.4) is 0 Å². The van der Waals surface area contributed by atoms with Gasteiger partial charge < -0.3 is 5.73 Å². The van der Waals surface area contributed by atoms with Crippen LogP contribution in [-0.2, 0) is 16.6 Å². The van der Waals surface area contributed by atoms with Crippen LogP contribution in [0.2, 0.25) is 0 Å². The third-order valence-electron chi connectivity index (χ3n) is 4.61. The van der Waals surface area contributed by atoms with Crippen LogP contribution in [0.15, 0.2) is 4.90 Å². The molecular formula is C14H26N4O2S. The highest BCUT2D eigenvalue weighted by molar-refractivity contribution is 7.89. The molecule has 7 heteroatoms. The molecule has 0 amide bonds. The summed E-state index contributed by atoms with van der Waals surface area (Å²) in [6.45, 7) is 6.32. The summed E-state index contributed by atoms with van der Waals surface area (Å²) in [5.41, 5.74) is 6.89. The van der Waals surface area contributed by atoms with Crippen LogP contribution >= 0.6 is 0 Å². The zero-order valence-corrected chi connectivity index (χ0v) is 14.1. The smallest absolute Gasteiger partial charge is 0.246 e. The summed E-state index contributed by atoms with van der Waals surface area (Å²) in [6.07, 6.45) is 3.90. The normalized spacial score (nSPS) is 20.1. The lowest BCUT2D eigenvalue weighted by atomic mass is 9.76. The average molecular weight is 314 g/mol. The fourth-order valence-electron chi connectivity index (χ4n) is 3.04. The number of hydrogen-bond acceptors (Lipinski definition) is 4. The van der Waals surface area contributed by atoms with Gasteiger partial charge in [0.1, 0.15) is 4.90 Å². The molecule has 0 unspecified atom stereocenters. The number of nitrogens with zero attached hydrogens (tertiary/aromatic N) is 2. The van der Waals surface area contributed by atoms with Crippen molar-refractivity contribution in [2.75, 3.05) is 7.05 Å². The Bertz CT molecular complexity index is 596. The Kier molecular flexibility index (Phi) is 4.46. The van der Waals surface area contributed by atoms with Gasteiger partial charge in [-0.1, -0.05) is 13.8 Å². The maximum absolute atomic E-state index is 12.9. The van der Waals surface area contributed by atoms with Crippen molar-refractivity contribution in [3.8, 4) is 0 Å². The fourth-order valence-corrected chi connectivity index (χ4v) is 4.79. The van der Waals surface area contributed by atoms with Gasteiger partial charge in [0.05, 0.1) is 11.4 Å². The number of aromatic amines is 1. The Morgan fingerprint density at radius 3 is 2.48 bits per heavy atom. The van der Waals surface area contributed by atoms with Gasteiger partial charge >= 0.3 is 0 Å². The number of hydrogen-bond donors (Lipinski definition) is 2. The van der Waals surface area contributed by atoms with Gasteiger partial charge in [-0.15, -0.1) is 0 Å². The van der Waals surface area contributed by atoms with Crippen LogP contribution in [0.1, 0.15) is 50.9 Å². The molecule has 0 radical (unpaired) electrons. The Morgan fingerprint density at radius 1 is 1.38 bits per heavy atom. The number of sulfonamides is 1. The molecule has 0 aromatic carbocycles. The second-order valence-corrected chi connectivity index (χ2v) is 8.68. The summed E-state index contributed by atoms with van der Waals surface area (Å²) < 4.78 is 27.2. The predicted molar refractivity (Wildman–Crippen MR) is 82.2 cm³/mol. The highest BCUT2D eigenvalue weighted by atomic mass is 32.2. The monoisotopic (exact) mass is 314 g/mol. The number of aromatic nitrogens is 2. The van der Waals surface area contributed by atoms with E-state index in [1.807, 2.05) is 0 Å². The largest absolute Gasteiger partial charge is 0.325 e. The number of nitrogens with two attached hydrogens (primary N) is 1. The molecule has 1 aromatic heterocycles. The molecule has 2 rings (SSSR count). The molecule has 1 aliphatic carbocycles. The zero-order chi connectivity index (χ0) is 15.8. The molecule has 0 atom stereocenters. The van der Waals surface area contributed by atoms with Crippen LogP contribution in [0.5, 0.6) is 0 Å². The van der Waals surface area contributed by atoms with E-state index in [0.717, 1.165) is 25.7 Å². The Hall–Kier alpha value is -0.920. The first-order valence-corrected chi connectivity index (χ1v) is 8.85. The van der Waals surface area contributed by atoms with Gasteiger partial charge in [0, 0.05) is 19.6 Å². The quantitative estimate of drug-likeness (QED) is 0.886. The van der Waals surface area contributed by atoms with Crippen LogP contribution < -0.4 is 5.73 Å². The van der Waals surface area contributed by atoms with Gasteiger partial charge in [0.15, 0.2) is 0 Å². The van der Waals surface area contributed by atoms with Crippen LogP contribution in [0.4, 0.5) is 0 Å². The maximum Gasteiger partial charge on any atom is 0.246 e. The van der Waals surface area contributed by atoms with Gasteiger partial charge in [-0.2, -0.15) is 9.40 Å². The molecule has 6 nitrogen and oxygen atoms in total. The summed E-state index contributed by atoms with van der Waals surface area (Å²) >= 11 is 0. The van der Waals surface area contributed by atoms with E-state index >= 15 is 0 Å². The van der Waals surface area contributed by atoms with Crippen molar-refractivity contribution in [3.63, 3.8) is 0 Å². The SMILES string of the molecule is Cc1[nH]nc(CN)c1S(=O)(=O)N(C)C1CCC(C)(C)CC1. The van der Waals surface area contributed by atoms with E-state index in [4.69, 9.17) is 5.73 Å². The third kappa shape index (κ3) is 3.14. The molecule has 1 aliphatic rings. The first-order chi connectivity index (χ1) is 9.69. The van der Waals surface area contributed by atoms with Crippen molar-refractivity contribution in [1.29, 1.82) is 0 Å². The Balaban J connectivity index is 2.25. The average Bonchev–Trinajstić information content (AvgIpc) is 2.79. The lowest BCUT2D eigenvalue weighted by Gasteiger charge is -2.38. The van der Waals surface area contributed by atoms with Gasteiger partial charge in [-0.3, -0.25) is 5.10 Å². The summed E-state index contributed by atoms with van der Waals surface area (Å²) in [7, 11) is -1.87. The highest BCUT2D eigenvalue weighted by Gasteiger charge is 2.36. The van der Waals surface area contributed by atoms with E-state index in [1.165, 1.54) is 4.31 Å². The van der Waals surface area contributed by atoms with Crippen molar-refractivity contribution in [3.05, 3.63) is 11.4 Å². The summed E-state index contributed by atoms with van der Waals surface area (Å²) in [5, 5.41) is 6.72. The van der Waals surface area contributed by atoms with Gasteiger partial charge in [0.2, 0.25) is 10.0 Å². The Morgan fingerprint density at radius 2 is 1.95 bits per heavy atom. The Labute approximate surface area is 127 Å². The van der Waals surface area contributed by atoms with Crippen molar-refractivity contribution < 1.29 is 8.42 Å². The summed E-state index contributed by atoms with van der Waals surface area (Å²) in [6, 6.07) is 0.0583. The van der Waals surface area contributed by atoms with Gasteiger partial charge in [-0.25, -0.2) is 8.42 Å².